The van der Waals surface area contributed by atoms with Gasteiger partial charge in [-0.15, -0.1) is 0 Å². The Balaban J connectivity index is 2.36. The van der Waals surface area contributed by atoms with Crippen LogP contribution in [0, 0.1) is 17.8 Å². The van der Waals surface area contributed by atoms with E-state index in [4.69, 9.17) is 0 Å². The summed E-state index contributed by atoms with van der Waals surface area (Å²) in [6.07, 6.45) is 13.4. The molecule has 2 aliphatic carbocycles. The average molecular weight is 186 g/mol. The van der Waals surface area contributed by atoms with Crippen molar-refractivity contribution in [3.8, 4) is 0 Å². The Hall–Kier alpha value is -1.04. The molecule has 0 nitrogen and oxygen atoms in total. The van der Waals surface area contributed by atoms with Crippen LogP contribution in [-0.4, -0.2) is 0 Å². The first kappa shape index (κ1) is 9.51. The molecule has 0 amide bonds. The first-order valence-electron chi connectivity index (χ1n) is 5.46. The molecule has 74 valence electrons. The van der Waals surface area contributed by atoms with Crippen LogP contribution in [0.25, 0.3) is 0 Å². The topological polar surface area (TPSA) is 0 Å². The lowest BCUT2D eigenvalue weighted by atomic mass is 9.86. The zero-order chi connectivity index (χ0) is 10.1. The Kier molecular flexibility index (Phi) is 2.45. The summed E-state index contributed by atoms with van der Waals surface area (Å²) in [5, 5.41) is 0. The van der Waals surface area contributed by atoms with E-state index < -0.39 is 0 Å². The zero-order valence-electron chi connectivity index (χ0n) is 9.20. The standard InChI is InChI=1S/C14H18/c1-10(2)14-9-12-7-5-4-6-8-13(12)11(14)3/h4-11,13H,1-3H3. The molecule has 0 aromatic heterocycles. The third-order valence-corrected chi connectivity index (χ3v) is 3.28. The van der Waals surface area contributed by atoms with Gasteiger partial charge in [-0.25, -0.2) is 0 Å². The quantitative estimate of drug-likeness (QED) is 0.583. The van der Waals surface area contributed by atoms with Crippen LogP contribution in [0.5, 0.6) is 0 Å². The number of rotatable bonds is 1. The first-order chi connectivity index (χ1) is 6.70. The van der Waals surface area contributed by atoms with Gasteiger partial charge in [0, 0.05) is 5.92 Å². The summed E-state index contributed by atoms with van der Waals surface area (Å²) < 4.78 is 0. The number of allylic oxidation sites excluding steroid dienone is 8. The van der Waals surface area contributed by atoms with E-state index in [1.807, 2.05) is 0 Å². The molecular formula is C14H18. The highest BCUT2D eigenvalue weighted by Crippen LogP contribution is 2.40. The van der Waals surface area contributed by atoms with Gasteiger partial charge in [-0.1, -0.05) is 62.8 Å². The van der Waals surface area contributed by atoms with Gasteiger partial charge in [0.05, 0.1) is 0 Å². The van der Waals surface area contributed by atoms with E-state index in [1.54, 1.807) is 5.57 Å². The van der Waals surface area contributed by atoms with Gasteiger partial charge >= 0.3 is 0 Å². The van der Waals surface area contributed by atoms with E-state index in [1.165, 1.54) is 5.57 Å². The molecule has 14 heavy (non-hydrogen) atoms. The van der Waals surface area contributed by atoms with Crippen molar-refractivity contribution in [2.45, 2.75) is 20.8 Å². The normalized spacial score (nSPS) is 30.0. The van der Waals surface area contributed by atoms with E-state index in [2.05, 4.69) is 57.2 Å². The second-order valence-electron chi connectivity index (χ2n) is 4.55. The maximum Gasteiger partial charge on any atom is 0.00841 e. The lowest BCUT2D eigenvalue weighted by Crippen LogP contribution is -2.09. The molecule has 0 aromatic carbocycles. The molecule has 2 unspecified atom stereocenters. The Morgan fingerprint density at radius 2 is 1.93 bits per heavy atom. The number of hydrogen-bond donors (Lipinski definition) is 0. The summed E-state index contributed by atoms with van der Waals surface area (Å²) in [6.45, 7) is 6.91. The van der Waals surface area contributed by atoms with Crippen LogP contribution in [-0.2, 0) is 0 Å². The predicted molar refractivity (Wildman–Crippen MR) is 61.9 cm³/mol. The molecule has 0 spiro atoms. The van der Waals surface area contributed by atoms with Gasteiger partial charge in [0.2, 0.25) is 0 Å². The molecule has 0 saturated carbocycles. The Labute approximate surface area is 86.7 Å². The van der Waals surface area contributed by atoms with Crippen LogP contribution in [0.2, 0.25) is 0 Å². The summed E-state index contributed by atoms with van der Waals surface area (Å²) in [4.78, 5) is 0. The molecule has 0 saturated heterocycles. The minimum atomic E-state index is 0.613. The van der Waals surface area contributed by atoms with Crippen LogP contribution in [0.3, 0.4) is 0 Å². The van der Waals surface area contributed by atoms with E-state index in [-0.39, 0.29) is 0 Å². The fourth-order valence-corrected chi connectivity index (χ4v) is 2.46. The van der Waals surface area contributed by atoms with Gasteiger partial charge in [-0.2, -0.15) is 0 Å². The molecule has 0 aromatic rings. The lowest BCUT2D eigenvalue weighted by molar-refractivity contribution is 0.536. The Morgan fingerprint density at radius 3 is 2.64 bits per heavy atom. The highest BCUT2D eigenvalue weighted by atomic mass is 14.3. The third kappa shape index (κ3) is 1.50. The van der Waals surface area contributed by atoms with Crippen molar-refractivity contribution in [1.29, 1.82) is 0 Å². The maximum absolute atomic E-state index is 2.39. The van der Waals surface area contributed by atoms with Crippen molar-refractivity contribution >= 4 is 0 Å². The summed E-state index contributed by atoms with van der Waals surface area (Å²) in [6, 6.07) is 0. The minimum Gasteiger partial charge on any atom is -0.0764 e. The van der Waals surface area contributed by atoms with Crippen molar-refractivity contribution in [3.63, 3.8) is 0 Å². The Morgan fingerprint density at radius 1 is 1.14 bits per heavy atom. The van der Waals surface area contributed by atoms with Crippen molar-refractivity contribution < 1.29 is 0 Å². The van der Waals surface area contributed by atoms with E-state index in [0.29, 0.717) is 17.8 Å². The highest BCUT2D eigenvalue weighted by Gasteiger charge is 2.29. The number of hydrogen-bond acceptors (Lipinski definition) is 0. The van der Waals surface area contributed by atoms with Gasteiger partial charge in [0.15, 0.2) is 0 Å². The zero-order valence-corrected chi connectivity index (χ0v) is 9.20. The maximum atomic E-state index is 2.39. The van der Waals surface area contributed by atoms with E-state index in [0.717, 1.165) is 0 Å². The molecule has 0 N–H and O–H groups in total. The smallest absolute Gasteiger partial charge is 0.00841 e. The van der Waals surface area contributed by atoms with E-state index in [9.17, 15) is 0 Å². The number of fused-ring (bicyclic) bond motifs is 1. The van der Waals surface area contributed by atoms with Crippen molar-refractivity contribution in [3.05, 3.63) is 47.6 Å². The SMILES string of the molecule is CC(C)C1=CC2=CC=CC=CC2C1C. The lowest BCUT2D eigenvalue weighted by Gasteiger charge is -2.18. The van der Waals surface area contributed by atoms with Gasteiger partial charge in [0.25, 0.3) is 0 Å². The summed E-state index contributed by atoms with van der Waals surface area (Å²) in [7, 11) is 0. The van der Waals surface area contributed by atoms with Crippen LogP contribution in [0.4, 0.5) is 0 Å². The molecular weight excluding hydrogens is 168 g/mol. The molecule has 0 radical (unpaired) electrons. The van der Waals surface area contributed by atoms with Crippen molar-refractivity contribution in [2.75, 3.05) is 0 Å². The van der Waals surface area contributed by atoms with Crippen LogP contribution in [0.15, 0.2) is 47.6 Å². The van der Waals surface area contributed by atoms with Crippen molar-refractivity contribution in [2.24, 2.45) is 17.8 Å². The summed E-state index contributed by atoms with van der Waals surface area (Å²) >= 11 is 0. The van der Waals surface area contributed by atoms with Crippen LogP contribution < -0.4 is 0 Å². The second-order valence-corrected chi connectivity index (χ2v) is 4.55. The molecule has 0 bridgehead atoms. The molecule has 0 fully saturated rings. The minimum absolute atomic E-state index is 0.613. The van der Waals surface area contributed by atoms with Gasteiger partial charge in [0.1, 0.15) is 0 Å². The van der Waals surface area contributed by atoms with Gasteiger partial charge < -0.3 is 0 Å². The van der Waals surface area contributed by atoms with Crippen molar-refractivity contribution in [1.82, 2.24) is 0 Å². The molecule has 2 atom stereocenters. The molecule has 0 heterocycles. The first-order valence-corrected chi connectivity index (χ1v) is 5.46. The van der Waals surface area contributed by atoms with Crippen LogP contribution in [0.1, 0.15) is 20.8 Å². The predicted octanol–water partition coefficient (Wildman–Crippen LogP) is 3.89. The average Bonchev–Trinajstić information content (AvgIpc) is 2.37. The van der Waals surface area contributed by atoms with Crippen LogP contribution >= 0.6 is 0 Å². The molecule has 0 aliphatic heterocycles. The Bertz CT molecular complexity index is 337. The largest absolute Gasteiger partial charge is 0.0764 e. The third-order valence-electron chi connectivity index (χ3n) is 3.28. The van der Waals surface area contributed by atoms with Gasteiger partial charge in [-0.05, 0) is 17.4 Å². The molecule has 2 rings (SSSR count). The van der Waals surface area contributed by atoms with Gasteiger partial charge in [-0.3, -0.25) is 0 Å². The monoisotopic (exact) mass is 186 g/mol. The molecule has 0 heteroatoms. The fraction of sp³-hybridized carbons (Fsp3) is 0.429. The highest BCUT2D eigenvalue weighted by molar-refractivity contribution is 5.43. The second kappa shape index (κ2) is 3.61. The molecule has 2 aliphatic rings. The van der Waals surface area contributed by atoms with E-state index >= 15 is 0 Å². The fourth-order valence-electron chi connectivity index (χ4n) is 2.46. The summed E-state index contributed by atoms with van der Waals surface area (Å²) in [5.41, 5.74) is 3.08. The summed E-state index contributed by atoms with van der Waals surface area (Å²) in [5.74, 6) is 1.97.